The molecule has 2 rings (SSSR count). The van der Waals surface area contributed by atoms with Gasteiger partial charge in [0.25, 0.3) is 0 Å². The molecule has 2 amide bonds. The third-order valence-corrected chi connectivity index (χ3v) is 5.47. The number of nitrogens with one attached hydrogen (secondary N) is 2. The predicted octanol–water partition coefficient (Wildman–Crippen LogP) is 1.17. The van der Waals surface area contributed by atoms with Gasteiger partial charge in [0.2, 0.25) is 11.8 Å². The Balaban J connectivity index is 2.17. The maximum atomic E-state index is 12.6. The summed E-state index contributed by atoms with van der Waals surface area (Å²) in [6.45, 7) is 3.10. The molecular weight excluding hydrogens is 406 g/mol. The average Bonchev–Trinajstić information content (AvgIpc) is 2.79. The van der Waals surface area contributed by atoms with Crippen LogP contribution < -0.4 is 16.4 Å². The molecule has 7 nitrogen and oxygen atoms in total. The summed E-state index contributed by atoms with van der Waals surface area (Å²) in [5, 5.41) is 25.9. The fourth-order valence-corrected chi connectivity index (χ4v) is 3.55. The molecular formula is C25H35N3O4. The molecule has 4 unspecified atom stereocenters. The number of aliphatic hydroxyl groups is 2. The van der Waals surface area contributed by atoms with Crippen molar-refractivity contribution in [1.82, 2.24) is 10.6 Å². The first-order valence-corrected chi connectivity index (χ1v) is 11.0. The van der Waals surface area contributed by atoms with E-state index in [2.05, 4.69) is 10.6 Å². The number of amides is 2. The monoisotopic (exact) mass is 441 g/mol. The Labute approximate surface area is 190 Å². The number of aliphatic hydroxyl groups excluding tert-OH is 2. The second-order valence-electron chi connectivity index (χ2n) is 8.49. The van der Waals surface area contributed by atoms with Crippen LogP contribution in [0.15, 0.2) is 60.7 Å². The Bertz CT molecular complexity index is 830. The van der Waals surface area contributed by atoms with Gasteiger partial charge in [0.1, 0.15) is 6.61 Å². The highest BCUT2D eigenvalue weighted by molar-refractivity contribution is 5.82. The molecule has 0 aliphatic carbocycles. The van der Waals surface area contributed by atoms with Crippen LogP contribution in [0.2, 0.25) is 0 Å². The summed E-state index contributed by atoms with van der Waals surface area (Å²) in [6, 6.07) is 17.5. The molecule has 2 aromatic carbocycles. The molecule has 7 heteroatoms. The third kappa shape index (κ3) is 8.42. The number of carbonyl (C=O) groups is 2. The summed E-state index contributed by atoms with van der Waals surface area (Å²) < 4.78 is 0. The van der Waals surface area contributed by atoms with Gasteiger partial charge in [-0.25, -0.2) is 0 Å². The summed E-state index contributed by atoms with van der Waals surface area (Å²) in [5.41, 5.74) is 7.98. The molecule has 0 spiro atoms. The minimum Gasteiger partial charge on any atom is -0.391 e. The third-order valence-electron chi connectivity index (χ3n) is 5.47. The standard InChI is InChI=1S/C25H35N3O4/c1-17(2)24(26)25(32)27-20(13-18-9-5-3-6-10-18)15-22(30)21(28-23(31)16-29)14-19-11-7-4-8-12-19/h3-12,17,20-22,24,29-30H,13-16,26H2,1-2H3,(H,27,32)(H,28,31). The summed E-state index contributed by atoms with van der Waals surface area (Å²) in [4.78, 5) is 24.5. The van der Waals surface area contributed by atoms with Crippen molar-refractivity contribution in [2.24, 2.45) is 11.7 Å². The SMILES string of the molecule is CC(C)C(N)C(=O)NC(Cc1ccccc1)CC(O)C(Cc1ccccc1)NC(=O)CO. The summed E-state index contributed by atoms with van der Waals surface area (Å²) >= 11 is 0. The van der Waals surface area contributed by atoms with Crippen LogP contribution in [-0.4, -0.2) is 52.9 Å². The average molecular weight is 442 g/mol. The van der Waals surface area contributed by atoms with E-state index in [1.165, 1.54) is 0 Å². The number of benzene rings is 2. The van der Waals surface area contributed by atoms with E-state index in [4.69, 9.17) is 5.73 Å². The maximum absolute atomic E-state index is 12.6. The zero-order chi connectivity index (χ0) is 23.5. The predicted molar refractivity (Wildman–Crippen MR) is 125 cm³/mol. The molecule has 0 fully saturated rings. The zero-order valence-electron chi connectivity index (χ0n) is 18.8. The van der Waals surface area contributed by atoms with Crippen LogP contribution in [0.1, 0.15) is 31.4 Å². The van der Waals surface area contributed by atoms with Crippen LogP contribution in [0, 0.1) is 5.92 Å². The molecule has 0 radical (unpaired) electrons. The van der Waals surface area contributed by atoms with Crippen LogP contribution in [-0.2, 0) is 22.4 Å². The van der Waals surface area contributed by atoms with Crippen molar-refractivity contribution in [2.45, 2.75) is 57.3 Å². The Morgan fingerprint density at radius 1 is 0.906 bits per heavy atom. The quantitative estimate of drug-likeness (QED) is 0.338. The lowest BCUT2D eigenvalue weighted by Gasteiger charge is -2.29. The van der Waals surface area contributed by atoms with Crippen LogP contribution in [0.25, 0.3) is 0 Å². The Kier molecular flexibility index (Phi) is 10.3. The van der Waals surface area contributed by atoms with E-state index in [9.17, 15) is 19.8 Å². The molecule has 0 saturated carbocycles. The van der Waals surface area contributed by atoms with Gasteiger partial charge in [0, 0.05) is 6.04 Å². The molecule has 4 atom stereocenters. The smallest absolute Gasteiger partial charge is 0.246 e. The lowest BCUT2D eigenvalue weighted by molar-refractivity contribution is -0.126. The van der Waals surface area contributed by atoms with E-state index in [1.807, 2.05) is 74.5 Å². The topological polar surface area (TPSA) is 125 Å². The lowest BCUT2D eigenvalue weighted by atomic mass is 9.93. The van der Waals surface area contributed by atoms with Crippen LogP contribution in [0.4, 0.5) is 0 Å². The normalized spacial score (nSPS) is 14.9. The summed E-state index contributed by atoms with van der Waals surface area (Å²) in [7, 11) is 0. The number of nitrogens with two attached hydrogens (primary N) is 1. The summed E-state index contributed by atoms with van der Waals surface area (Å²) in [5.74, 6) is -0.852. The second kappa shape index (κ2) is 13.0. The van der Waals surface area contributed by atoms with Crippen molar-refractivity contribution in [3.05, 3.63) is 71.8 Å². The molecule has 6 N–H and O–H groups in total. The highest BCUT2D eigenvalue weighted by Crippen LogP contribution is 2.14. The van der Waals surface area contributed by atoms with Crippen LogP contribution >= 0.6 is 0 Å². The van der Waals surface area contributed by atoms with Gasteiger partial charge in [0.05, 0.1) is 18.2 Å². The van der Waals surface area contributed by atoms with Crippen molar-refractivity contribution in [3.63, 3.8) is 0 Å². The van der Waals surface area contributed by atoms with Gasteiger partial charge in [-0.15, -0.1) is 0 Å². The lowest BCUT2D eigenvalue weighted by Crippen LogP contribution is -2.52. The van der Waals surface area contributed by atoms with Crippen molar-refractivity contribution in [1.29, 1.82) is 0 Å². The largest absolute Gasteiger partial charge is 0.391 e. The minimum atomic E-state index is -0.949. The fraction of sp³-hybridized carbons (Fsp3) is 0.440. The molecule has 32 heavy (non-hydrogen) atoms. The molecule has 0 aromatic heterocycles. The van der Waals surface area contributed by atoms with Crippen molar-refractivity contribution in [2.75, 3.05) is 6.61 Å². The molecule has 0 saturated heterocycles. The molecule has 0 aliphatic rings. The van der Waals surface area contributed by atoms with Crippen molar-refractivity contribution < 1.29 is 19.8 Å². The molecule has 2 aromatic rings. The zero-order valence-corrected chi connectivity index (χ0v) is 18.8. The summed E-state index contributed by atoms with van der Waals surface area (Å²) in [6.07, 6.45) is 0.176. The molecule has 0 bridgehead atoms. The molecule has 0 heterocycles. The molecule has 0 aliphatic heterocycles. The number of hydrogen-bond acceptors (Lipinski definition) is 5. The fourth-order valence-electron chi connectivity index (χ4n) is 3.55. The van der Waals surface area contributed by atoms with Crippen LogP contribution in [0.3, 0.4) is 0 Å². The maximum Gasteiger partial charge on any atom is 0.246 e. The van der Waals surface area contributed by atoms with Gasteiger partial charge >= 0.3 is 0 Å². The van der Waals surface area contributed by atoms with Gasteiger partial charge in [-0.1, -0.05) is 74.5 Å². The second-order valence-corrected chi connectivity index (χ2v) is 8.49. The van der Waals surface area contributed by atoms with Crippen molar-refractivity contribution in [3.8, 4) is 0 Å². The number of rotatable bonds is 12. The number of carbonyl (C=O) groups excluding carboxylic acids is 2. The van der Waals surface area contributed by atoms with E-state index in [-0.39, 0.29) is 24.3 Å². The Morgan fingerprint density at radius 2 is 1.44 bits per heavy atom. The van der Waals surface area contributed by atoms with Crippen LogP contribution in [0.5, 0.6) is 0 Å². The highest BCUT2D eigenvalue weighted by Gasteiger charge is 2.27. The minimum absolute atomic E-state index is 0.0213. The first-order chi connectivity index (χ1) is 15.3. The number of hydrogen-bond donors (Lipinski definition) is 5. The van der Waals surface area contributed by atoms with Gasteiger partial charge < -0.3 is 26.6 Å². The first-order valence-electron chi connectivity index (χ1n) is 11.0. The van der Waals surface area contributed by atoms with E-state index in [1.54, 1.807) is 0 Å². The molecule has 174 valence electrons. The van der Waals surface area contributed by atoms with E-state index in [0.29, 0.717) is 12.8 Å². The Morgan fingerprint density at radius 3 is 1.94 bits per heavy atom. The van der Waals surface area contributed by atoms with Gasteiger partial charge in [0.15, 0.2) is 0 Å². The van der Waals surface area contributed by atoms with Crippen molar-refractivity contribution >= 4 is 11.8 Å². The van der Waals surface area contributed by atoms with Gasteiger partial charge in [-0.3, -0.25) is 9.59 Å². The van der Waals surface area contributed by atoms with Gasteiger partial charge in [-0.2, -0.15) is 0 Å². The van der Waals surface area contributed by atoms with Gasteiger partial charge in [-0.05, 0) is 36.3 Å². The first kappa shape index (κ1) is 25.5. The van der Waals surface area contributed by atoms with E-state index in [0.717, 1.165) is 11.1 Å². The van der Waals surface area contributed by atoms with E-state index < -0.39 is 30.7 Å². The Hall–Kier alpha value is -2.74. The highest BCUT2D eigenvalue weighted by atomic mass is 16.3. The van der Waals surface area contributed by atoms with E-state index >= 15 is 0 Å².